The van der Waals surface area contributed by atoms with Gasteiger partial charge in [0.1, 0.15) is 5.82 Å². The topological polar surface area (TPSA) is 49.3 Å². The number of nitrogens with one attached hydrogen (secondary N) is 1. The van der Waals surface area contributed by atoms with Crippen LogP contribution in [0.1, 0.15) is 22.0 Å². The van der Waals surface area contributed by atoms with E-state index in [-0.39, 0.29) is 17.1 Å². The van der Waals surface area contributed by atoms with Crippen molar-refractivity contribution in [2.75, 3.05) is 6.54 Å². The standard InChI is InChI=1S/C13H11ClFNO2S/c14-10-5-8(1-2-11(10)15)13(18)16-6-12(17)9-3-4-19-7-9/h1-5,7,12,17H,6H2,(H,16,18). The molecule has 0 saturated heterocycles. The molecule has 0 fully saturated rings. The maximum absolute atomic E-state index is 13.0. The first-order valence-corrected chi connectivity index (χ1v) is 6.83. The van der Waals surface area contributed by atoms with E-state index in [9.17, 15) is 14.3 Å². The average molecular weight is 300 g/mol. The highest BCUT2D eigenvalue weighted by Gasteiger charge is 2.12. The number of aliphatic hydroxyl groups excluding tert-OH is 1. The third kappa shape index (κ3) is 3.53. The molecule has 0 aliphatic heterocycles. The number of carbonyl (C=O) groups is 1. The van der Waals surface area contributed by atoms with Crippen molar-refractivity contribution < 1.29 is 14.3 Å². The van der Waals surface area contributed by atoms with Crippen LogP contribution in [-0.2, 0) is 0 Å². The zero-order valence-electron chi connectivity index (χ0n) is 9.77. The van der Waals surface area contributed by atoms with E-state index >= 15 is 0 Å². The molecule has 0 bridgehead atoms. The first-order chi connectivity index (χ1) is 9.08. The summed E-state index contributed by atoms with van der Waals surface area (Å²) in [5.41, 5.74) is 1.01. The second-order valence-electron chi connectivity index (χ2n) is 3.91. The molecule has 3 nitrogen and oxygen atoms in total. The van der Waals surface area contributed by atoms with Gasteiger partial charge in [-0.2, -0.15) is 11.3 Å². The summed E-state index contributed by atoms with van der Waals surface area (Å²) in [6.45, 7) is 0.0879. The Balaban J connectivity index is 1.96. The quantitative estimate of drug-likeness (QED) is 0.912. The number of rotatable bonds is 4. The smallest absolute Gasteiger partial charge is 0.251 e. The molecule has 0 aliphatic carbocycles. The number of aliphatic hydroxyl groups is 1. The van der Waals surface area contributed by atoms with E-state index in [2.05, 4.69) is 5.32 Å². The summed E-state index contributed by atoms with van der Waals surface area (Å²) in [5, 5.41) is 15.9. The summed E-state index contributed by atoms with van der Waals surface area (Å²) < 4.78 is 13.0. The number of carbonyl (C=O) groups excluding carboxylic acids is 1. The van der Waals surface area contributed by atoms with Crippen molar-refractivity contribution in [1.82, 2.24) is 5.32 Å². The van der Waals surface area contributed by atoms with Gasteiger partial charge in [0.15, 0.2) is 0 Å². The molecular weight excluding hydrogens is 289 g/mol. The lowest BCUT2D eigenvalue weighted by Crippen LogP contribution is -2.28. The van der Waals surface area contributed by atoms with Gasteiger partial charge in [-0.1, -0.05) is 11.6 Å². The summed E-state index contributed by atoms with van der Waals surface area (Å²) in [6, 6.07) is 5.51. The van der Waals surface area contributed by atoms with Gasteiger partial charge in [0, 0.05) is 12.1 Å². The minimum atomic E-state index is -0.758. The highest BCUT2D eigenvalue weighted by atomic mass is 35.5. The number of halogens is 2. The fourth-order valence-corrected chi connectivity index (χ4v) is 2.40. The molecule has 0 saturated carbocycles. The molecule has 1 aromatic carbocycles. The van der Waals surface area contributed by atoms with E-state index < -0.39 is 17.8 Å². The summed E-state index contributed by atoms with van der Waals surface area (Å²) in [6.07, 6.45) is -0.758. The molecule has 0 radical (unpaired) electrons. The normalized spacial score (nSPS) is 12.2. The molecule has 2 aromatic rings. The second-order valence-corrected chi connectivity index (χ2v) is 5.10. The molecule has 0 spiro atoms. The van der Waals surface area contributed by atoms with Gasteiger partial charge in [-0.3, -0.25) is 4.79 Å². The van der Waals surface area contributed by atoms with Crippen LogP contribution < -0.4 is 5.32 Å². The Labute approximate surface area is 118 Å². The van der Waals surface area contributed by atoms with Crippen molar-refractivity contribution in [2.24, 2.45) is 0 Å². The Morgan fingerprint density at radius 1 is 1.47 bits per heavy atom. The monoisotopic (exact) mass is 299 g/mol. The van der Waals surface area contributed by atoms with Gasteiger partial charge in [0.05, 0.1) is 11.1 Å². The van der Waals surface area contributed by atoms with Gasteiger partial charge in [0.25, 0.3) is 5.91 Å². The van der Waals surface area contributed by atoms with Gasteiger partial charge >= 0.3 is 0 Å². The number of benzene rings is 1. The predicted molar refractivity (Wildman–Crippen MR) is 73.0 cm³/mol. The van der Waals surface area contributed by atoms with Crippen LogP contribution in [0.15, 0.2) is 35.0 Å². The SMILES string of the molecule is O=C(NCC(O)c1ccsc1)c1ccc(F)c(Cl)c1. The van der Waals surface area contributed by atoms with Gasteiger partial charge in [0.2, 0.25) is 0 Å². The fourth-order valence-electron chi connectivity index (χ4n) is 1.51. The van der Waals surface area contributed by atoms with Crippen molar-refractivity contribution in [3.05, 3.63) is 57.0 Å². The summed E-state index contributed by atoms with van der Waals surface area (Å²) in [7, 11) is 0. The Hall–Kier alpha value is -1.43. The molecule has 1 atom stereocenters. The lowest BCUT2D eigenvalue weighted by Gasteiger charge is -2.10. The lowest BCUT2D eigenvalue weighted by atomic mass is 10.1. The highest BCUT2D eigenvalue weighted by Crippen LogP contribution is 2.17. The van der Waals surface area contributed by atoms with Crippen molar-refractivity contribution in [3.63, 3.8) is 0 Å². The number of thiophene rings is 1. The number of hydrogen-bond acceptors (Lipinski definition) is 3. The van der Waals surface area contributed by atoms with E-state index in [0.29, 0.717) is 0 Å². The minimum Gasteiger partial charge on any atom is -0.387 e. The fraction of sp³-hybridized carbons (Fsp3) is 0.154. The van der Waals surface area contributed by atoms with E-state index in [0.717, 1.165) is 11.6 Å². The number of amides is 1. The summed E-state index contributed by atoms with van der Waals surface area (Å²) in [5.74, 6) is -0.979. The largest absolute Gasteiger partial charge is 0.387 e. The summed E-state index contributed by atoms with van der Waals surface area (Å²) in [4.78, 5) is 11.8. The molecule has 100 valence electrons. The van der Waals surface area contributed by atoms with Crippen LogP contribution in [0.5, 0.6) is 0 Å². The first kappa shape index (κ1) is 14.0. The Morgan fingerprint density at radius 3 is 2.89 bits per heavy atom. The first-order valence-electron chi connectivity index (χ1n) is 5.51. The zero-order chi connectivity index (χ0) is 13.8. The van der Waals surface area contributed by atoms with E-state index in [1.54, 1.807) is 6.07 Å². The zero-order valence-corrected chi connectivity index (χ0v) is 11.3. The Morgan fingerprint density at radius 2 is 2.26 bits per heavy atom. The maximum atomic E-state index is 13.0. The van der Waals surface area contributed by atoms with Gasteiger partial charge in [-0.05, 0) is 40.6 Å². The van der Waals surface area contributed by atoms with Crippen molar-refractivity contribution in [2.45, 2.75) is 6.10 Å². The van der Waals surface area contributed by atoms with Crippen LogP contribution in [-0.4, -0.2) is 17.6 Å². The van der Waals surface area contributed by atoms with Crippen LogP contribution in [0.4, 0.5) is 4.39 Å². The molecule has 1 amide bonds. The minimum absolute atomic E-state index is 0.0879. The molecule has 1 aromatic heterocycles. The van der Waals surface area contributed by atoms with Crippen LogP contribution in [0.2, 0.25) is 5.02 Å². The summed E-state index contributed by atoms with van der Waals surface area (Å²) >= 11 is 7.07. The number of hydrogen-bond donors (Lipinski definition) is 2. The van der Waals surface area contributed by atoms with Crippen molar-refractivity contribution in [3.8, 4) is 0 Å². The van der Waals surface area contributed by atoms with E-state index in [4.69, 9.17) is 11.6 Å². The highest BCUT2D eigenvalue weighted by molar-refractivity contribution is 7.07. The predicted octanol–water partition coefficient (Wildman–Crippen LogP) is 3.00. The van der Waals surface area contributed by atoms with Crippen molar-refractivity contribution >= 4 is 28.8 Å². The van der Waals surface area contributed by atoms with Crippen LogP contribution in [0.3, 0.4) is 0 Å². The van der Waals surface area contributed by atoms with Crippen LogP contribution >= 0.6 is 22.9 Å². The molecule has 19 heavy (non-hydrogen) atoms. The molecular formula is C13H11ClFNO2S. The maximum Gasteiger partial charge on any atom is 0.251 e. The molecule has 1 unspecified atom stereocenters. The third-order valence-corrected chi connectivity index (χ3v) is 3.56. The van der Waals surface area contributed by atoms with Crippen molar-refractivity contribution in [1.29, 1.82) is 0 Å². The molecule has 2 rings (SSSR count). The van der Waals surface area contributed by atoms with Crippen LogP contribution in [0, 0.1) is 5.82 Å². The average Bonchev–Trinajstić information content (AvgIpc) is 2.92. The van der Waals surface area contributed by atoms with Gasteiger partial charge < -0.3 is 10.4 Å². The van der Waals surface area contributed by atoms with E-state index in [1.165, 1.54) is 23.5 Å². The molecule has 2 N–H and O–H groups in total. The van der Waals surface area contributed by atoms with Crippen LogP contribution in [0.25, 0.3) is 0 Å². The molecule has 1 heterocycles. The van der Waals surface area contributed by atoms with E-state index in [1.807, 2.05) is 10.8 Å². The molecule has 6 heteroatoms. The van der Waals surface area contributed by atoms with Gasteiger partial charge in [-0.25, -0.2) is 4.39 Å². The third-order valence-electron chi connectivity index (χ3n) is 2.57. The lowest BCUT2D eigenvalue weighted by molar-refractivity contribution is 0.0916. The second kappa shape index (κ2) is 6.14. The van der Waals surface area contributed by atoms with Gasteiger partial charge in [-0.15, -0.1) is 0 Å². The Kier molecular flexibility index (Phi) is 4.52. The Bertz CT molecular complexity index is 574. The molecule has 0 aliphatic rings.